The first kappa shape index (κ1) is 15.5. The van der Waals surface area contributed by atoms with Crippen LogP contribution in [0.1, 0.15) is 0 Å². The normalized spacial score (nSPS) is 10.0. The quantitative estimate of drug-likeness (QED) is 0.461. The van der Waals surface area contributed by atoms with Crippen molar-refractivity contribution in [3.8, 4) is 22.6 Å². The predicted molar refractivity (Wildman–Crippen MR) is 92.6 cm³/mol. The van der Waals surface area contributed by atoms with Crippen molar-refractivity contribution in [2.45, 2.75) is 0 Å². The van der Waals surface area contributed by atoms with Crippen LogP contribution in [0.3, 0.4) is 0 Å². The minimum atomic E-state index is 0.0977. The van der Waals surface area contributed by atoms with Crippen LogP contribution in [0.4, 0.5) is 11.4 Å². The van der Waals surface area contributed by atoms with Gasteiger partial charge in [0.2, 0.25) is 0 Å². The molecule has 0 heterocycles. The van der Waals surface area contributed by atoms with Crippen LogP contribution in [0.2, 0.25) is 0 Å². The van der Waals surface area contributed by atoms with Gasteiger partial charge in [-0.15, -0.1) is 13.2 Å². The number of hydrogen-bond acceptors (Lipinski definition) is 4. The highest BCUT2D eigenvalue weighted by Crippen LogP contribution is 2.42. The number of benzene rings is 2. The fourth-order valence-electron chi connectivity index (χ4n) is 2.17. The number of phenolic OH excluding ortho intramolecular Hbond substituents is 2. The molecule has 0 aliphatic rings. The lowest BCUT2D eigenvalue weighted by Gasteiger charge is -2.14. The van der Waals surface area contributed by atoms with Crippen LogP contribution in [0.25, 0.3) is 11.1 Å². The van der Waals surface area contributed by atoms with Gasteiger partial charge in [-0.05, 0) is 12.1 Å². The van der Waals surface area contributed by atoms with Gasteiger partial charge in [-0.3, -0.25) is 0 Å². The van der Waals surface area contributed by atoms with Gasteiger partial charge in [0.1, 0.15) is 11.5 Å². The molecular formula is C18H20N2O2. The number of hydrogen-bond donors (Lipinski definition) is 4. The van der Waals surface area contributed by atoms with Crippen molar-refractivity contribution < 1.29 is 10.2 Å². The van der Waals surface area contributed by atoms with Gasteiger partial charge in [-0.1, -0.05) is 36.4 Å². The molecule has 4 N–H and O–H groups in total. The van der Waals surface area contributed by atoms with E-state index in [1.54, 1.807) is 36.4 Å². The van der Waals surface area contributed by atoms with Crippen LogP contribution in [0.15, 0.2) is 61.7 Å². The fourth-order valence-corrected chi connectivity index (χ4v) is 2.17. The molecule has 0 unspecified atom stereocenters. The second-order valence-electron chi connectivity index (χ2n) is 4.74. The lowest BCUT2D eigenvalue weighted by molar-refractivity contribution is 0.471. The molecule has 0 saturated heterocycles. The molecule has 4 heteroatoms. The highest BCUT2D eigenvalue weighted by atomic mass is 16.3. The first-order valence-corrected chi connectivity index (χ1v) is 7.03. The summed E-state index contributed by atoms with van der Waals surface area (Å²) in [5.41, 5.74) is 2.32. The Hall–Kier alpha value is -2.88. The Morgan fingerprint density at radius 2 is 1.18 bits per heavy atom. The molecule has 0 aliphatic heterocycles. The molecule has 0 atom stereocenters. The monoisotopic (exact) mass is 296 g/mol. The lowest BCUT2D eigenvalue weighted by atomic mass is 10.0. The van der Waals surface area contributed by atoms with Gasteiger partial charge >= 0.3 is 0 Å². The Balaban J connectivity index is 2.43. The van der Waals surface area contributed by atoms with Crippen molar-refractivity contribution in [1.29, 1.82) is 0 Å². The third-order valence-corrected chi connectivity index (χ3v) is 3.24. The molecule has 0 spiro atoms. The van der Waals surface area contributed by atoms with E-state index in [2.05, 4.69) is 23.8 Å². The second kappa shape index (κ2) is 7.22. The molecule has 0 aliphatic carbocycles. The average Bonchev–Trinajstić information content (AvgIpc) is 2.53. The molecule has 114 valence electrons. The predicted octanol–water partition coefficient (Wildman–Crippen LogP) is 3.96. The van der Waals surface area contributed by atoms with Gasteiger partial charge in [-0.2, -0.15) is 0 Å². The van der Waals surface area contributed by atoms with Crippen molar-refractivity contribution in [2.75, 3.05) is 23.7 Å². The summed E-state index contributed by atoms with van der Waals surface area (Å²) in [6.45, 7) is 8.37. The molecule has 4 nitrogen and oxygen atoms in total. The summed E-state index contributed by atoms with van der Waals surface area (Å²) in [4.78, 5) is 0. The number of phenols is 2. The van der Waals surface area contributed by atoms with E-state index < -0.39 is 0 Å². The summed E-state index contributed by atoms with van der Waals surface area (Å²) >= 11 is 0. The van der Waals surface area contributed by atoms with Crippen LogP contribution < -0.4 is 10.6 Å². The van der Waals surface area contributed by atoms with E-state index in [4.69, 9.17) is 0 Å². The molecule has 0 radical (unpaired) electrons. The largest absolute Gasteiger partial charge is 0.505 e. The van der Waals surface area contributed by atoms with Gasteiger partial charge in [0.25, 0.3) is 0 Å². The van der Waals surface area contributed by atoms with Crippen LogP contribution in [-0.4, -0.2) is 23.3 Å². The number of rotatable bonds is 7. The SMILES string of the molecule is C=CCNc1cccc(-c2cccc(NCC=C)c2O)c1O. The highest BCUT2D eigenvalue weighted by Gasteiger charge is 2.14. The van der Waals surface area contributed by atoms with E-state index in [1.165, 1.54) is 0 Å². The molecule has 0 bridgehead atoms. The molecule has 0 saturated carbocycles. The Kier molecular flexibility index (Phi) is 5.09. The Labute approximate surface area is 130 Å². The van der Waals surface area contributed by atoms with Crippen LogP contribution in [0.5, 0.6) is 11.5 Å². The minimum absolute atomic E-state index is 0.0977. The first-order valence-electron chi connectivity index (χ1n) is 7.03. The molecule has 0 fully saturated rings. The number of nitrogens with one attached hydrogen (secondary N) is 2. The molecule has 2 aromatic rings. The number of aromatic hydroxyl groups is 2. The van der Waals surface area contributed by atoms with E-state index in [9.17, 15) is 10.2 Å². The van der Waals surface area contributed by atoms with Crippen LogP contribution >= 0.6 is 0 Å². The van der Waals surface area contributed by atoms with E-state index in [1.807, 2.05) is 12.1 Å². The molecule has 22 heavy (non-hydrogen) atoms. The summed E-state index contributed by atoms with van der Waals surface area (Å²) in [6.07, 6.45) is 3.42. The van der Waals surface area contributed by atoms with E-state index in [0.717, 1.165) is 0 Å². The summed E-state index contributed by atoms with van der Waals surface area (Å²) in [5.74, 6) is 0.195. The maximum atomic E-state index is 10.4. The topological polar surface area (TPSA) is 64.5 Å². The second-order valence-corrected chi connectivity index (χ2v) is 4.74. The van der Waals surface area contributed by atoms with Crippen molar-refractivity contribution in [2.24, 2.45) is 0 Å². The molecular weight excluding hydrogens is 276 g/mol. The van der Waals surface area contributed by atoms with Gasteiger partial charge < -0.3 is 20.8 Å². The van der Waals surface area contributed by atoms with Gasteiger partial charge in [0.15, 0.2) is 0 Å². The molecule has 2 aromatic carbocycles. The smallest absolute Gasteiger partial charge is 0.146 e. The van der Waals surface area contributed by atoms with Crippen molar-refractivity contribution in [3.63, 3.8) is 0 Å². The first-order chi connectivity index (χ1) is 10.7. The van der Waals surface area contributed by atoms with E-state index >= 15 is 0 Å². The molecule has 0 aromatic heterocycles. The summed E-state index contributed by atoms with van der Waals surface area (Å²) in [7, 11) is 0. The zero-order valence-electron chi connectivity index (χ0n) is 12.3. The maximum Gasteiger partial charge on any atom is 0.146 e. The van der Waals surface area contributed by atoms with E-state index in [0.29, 0.717) is 35.6 Å². The maximum absolute atomic E-state index is 10.4. The Bertz CT molecular complexity index is 621. The average molecular weight is 296 g/mol. The Morgan fingerprint density at radius 1 is 0.773 bits per heavy atom. The summed E-state index contributed by atoms with van der Waals surface area (Å²) < 4.78 is 0. The third-order valence-electron chi connectivity index (χ3n) is 3.24. The minimum Gasteiger partial charge on any atom is -0.505 e. The van der Waals surface area contributed by atoms with E-state index in [-0.39, 0.29) is 11.5 Å². The van der Waals surface area contributed by atoms with Crippen LogP contribution in [0, 0.1) is 0 Å². The van der Waals surface area contributed by atoms with Crippen molar-refractivity contribution in [1.82, 2.24) is 0 Å². The Morgan fingerprint density at radius 3 is 1.55 bits per heavy atom. The van der Waals surface area contributed by atoms with Crippen molar-refractivity contribution in [3.05, 3.63) is 61.7 Å². The zero-order chi connectivity index (χ0) is 15.9. The number of para-hydroxylation sites is 2. The standard InChI is InChI=1S/C18H20N2O2/c1-3-11-19-15-9-5-7-13(17(15)21)14-8-6-10-16(18(14)22)20-12-4-2/h3-10,19-22H,1-2,11-12H2. The fraction of sp³-hybridized carbons (Fsp3) is 0.111. The van der Waals surface area contributed by atoms with Gasteiger partial charge in [0, 0.05) is 24.2 Å². The van der Waals surface area contributed by atoms with Gasteiger partial charge in [-0.25, -0.2) is 0 Å². The highest BCUT2D eigenvalue weighted by molar-refractivity contribution is 5.84. The summed E-state index contributed by atoms with van der Waals surface area (Å²) in [6, 6.07) is 10.7. The van der Waals surface area contributed by atoms with Crippen molar-refractivity contribution >= 4 is 11.4 Å². The molecule has 0 amide bonds. The van der Waals surface area contributed by atoms with Crippen LogP contribution in [-0.2, 0) is 0 Å². The van der Waals surface area contributed by atoms with Gasteiger partial charge in [0.05, 0.1) is 11.4 Å². The zero-order valence-corrected chi connectivity index (χ0v) is 12.3. The molecule has 2 rings (SSSR count). The summed E-state index contributed by atoms with van der Waals surface area (Å²) in [5, 5.41) is 27.0. The third kappa shape index (κ3) is 3.23. The number of anilines is 2. The lowest BCUT2D eigenvalue weighted by Crippen LogP contribution is -1.99.